The minimum absolute atomic E-state index is 0.158. The zero-order valence-electron chi connectivity index (χ0n) is 13.0. The highest BCUT2D eigenvalue weighted by molar-refractivity contribution is 5.69. The van der Waals surface area contributed by atoms with Gasteiger partial charge in [-0.05, 0) is 24.6 Å². The SMILES string of the molecule is CCc1nc(C)c(CN(CC(=O)O)Cc2ccc(F)c(F)c2)o1. The topological polar surface area (TPSA) is 66.6 Å². The van der Waals surface area contributed by atoms with E-state index in [0.717, 1.165) is 12.1 Å². The second kappa shape index (κ2) is 7.32. The third-order valence-corrected chi connectivity index (χ3v) is 3.36. The van der Waals surface area contributed by atoms with E-state index in [1.807, 2.05) is 6.92 Å². The molecule has 0 saturated carbocycles. The molecule has 1 aromatic carbocycles. The maximum Gasteiger partial charge on any atom is 0.317 e. The van der Waals surface area contributed by atoms with Crippen molar-refractivity contribution in [1.82, 2.24) is 9.88 Å². The van der Waals surface area contributed by atoms with Gasteiger partial charge < -0.3 is 9.52 Å². The fourth-order valence-electron chi connectivity index (χ4n) is 2.24. The lowest BCUT2D eigenvalue weighted by molar-refractivity contribution is -0.138. The summed E-state index contributed by atoms with van der Waals surface area (Å²) >= 11 is 0. The van der Waals surface area contributed by atoms with Gasteiger partial charge >= 0.3 is 5.97 Å². The lowest BCUT2D eigenvalue weighted by atomic mass is 10.2. The van der Waals surface area contributed by atoms with Crippen LogP contribution in [0.5, 0.6) is 0 Å². The first kappa shape index (κ1) is 17.1. The number of carbonyl (C=O) groups is 1. The summed E-state index contributed by atoms with van der Waals surface area (Å²) in [5, 5.41) is 9.04. The Bertz CT molecular complexity index is 701. The summed E-state index contributed by atoms with van der Waals surface area (Å²) in [6, 6.07) is 3.52. The van der Waals surface area contributed by atoms with Gasteiger partial charge in [0.1, 0.15) is 5.76 Å². The Labute approximate surface area is 132 Å². The van der Waals surface area contributed by atoms with Crippen molar-refractivity contribution in [1.29, 1.82) is 0 Å². The van der Waals surface area contributed by atoms with Crippen molar-refractivity contribution in [3.05, 3.63) is 52.7 Å². The van der Waals surface area contributed by atoms with Gasteiger partial charge in [0.15, 0.2) is 17.5 Å². The number of carboxylic acids is 1. The molecule has 0 aliphatic rings. The van der Waals surface area contributed by atoms with Crippen LogP contribution in [0.1, 0.15) is 29.8 Å². The van der Waals surface area contributed by atoms with Crippen LogP contribution in [0.2, 0.25) is 0 Å². The molecule has 23 heavy (non-hydrogen) atoms. The molecular formula is C16H18F2N2O3. The van der Waals surface area contributed by atoms with Gasteiger partial charge in [-0.2, -0.15) is 0 Å². The summed E-state index contributed by atoms with van der Waals surface area (Å²) in [6.07, 6.45) is 0.642. The van der Waals surface area contributed by atoms with E-state index in [-0.39, 0.29) is 19.6 Å². The molecule has 1 aromatic heterocycles. The molecule has 0 saturated heterocycles. The van der Waals surface area contributed by atoms with E-state index in [0.29, 0.717) is 29.3 Å². The molecule has 0 unspecified atom stereocenters. The maximum absolute atomic E-state index is 13.3. The van der Waals surface area contributed by atoms with Crippen LogP contribution in [0.15, 0.2) is 22.6 Å². The Morgan fingerprint density at radius 1 is 1.30 bits per heavy atom. The average Bonchev–Trinajstić information content (AvgIpc) is 2.82. The van der Waals surface area contributed by atoms with Gasteiger partial charge in [-0.3, -0.25) is 9.69 Å². The number of aryl methyl sites for hydroxylation is 2. The fraction of sp³-hybridized carbons (Fsp3) is 0.375. The summed E-state index contributed by atoms with van der Waals surface area (Å²) in [6.45, 7) is 3.83. The summed E-state index contributed by atoms with van der Waals surface area (Å²) in [4.78, 5) is 16.9. The minimum atomic E-state index is -1.01. The molecule has 0 radical (unpaired) electrons. The molecule has 1 N–H and O–H groups in total. The Morgan fingerprint density at radius 2 is 2.04 bits per heavy atom. The normalized spacial score (nSPS) is 11.2. The molecule has 0 atom stereocenters. The third-order valence-electron chi connectivity index (χ3n) is 3.36. The zero-order chi connectivity index (χ0) is 17.0. The first-order chi connectivity index (χ1) is 10.9. The molecule has 0 aliphatic heterocycles. The van der Waals surface area contributed by atoms with E-state index >= 15 is 0 Å². The first-order valence-electron chi connectivity index (χ1n) is 7.22. The van der Waals surface area contributed by atoms with Crippen molar-refractivity contribution in [2.24, 2.45) is 0 Å². The lowest BCUT2D eigenvalue weighted by Crippen LogP contribution is -2.29. The van der Waals surface area contributed by atoms with E-state index in [1.165, 1.54) is 6.07 Å². The predicted molar refractivity (Wildman–Crippen MR) is 78.7 cm³/mol. The number of halogens is 2. The maximum atomic E-state index is 13.3. The van der Waals surface area contributed by atoms with E-state index < -0.39 is 17.6 Å². The molecule has 0 bridgehead atoms. The minimum Gasteiger partial charge on any atom is -0.480 e. The highest BCUT2D eigenvalue weighted by Crippen LogP contribution is 2.16. The van der Waals surface area contributed by atoms with Crippen LogP contribution in [-0.4, -0.2) is 27.5 Å². The summed E-state index contributed by atoms with van der Waals surface area (Å²) in [5.41, 5.74) is 1.18. The number of aromatic nitrogens is 1. The molecule has 2 rings (SSSR count). The van der Waals surface area contributed by atoms with Crippen LogP contribution >= 0.6 is 0 Å². The van der Waals surface area contributed by atoms with Crippen molar-refractivity contribution >= 4 is 5.97 Å². The second-order valence-corrected chi connectivity index (χ2v) is 5.26. The Hall–Kier alpha value is -2.28. The van der Waals surface area contributed by atoms with Crippen LogP contribution in [0.4, 0.5) is 8.78 Å². The molecular weight excluding hydrogens is 306 g/mol. The number of nitrogens with zero attached hydrogens (tertiary/aromatic N) is 2. The van der Waals surface area contributed by atoms with Gasteiger partial charge in [0, 0.05) is 13.0 Å². The van der Waals surface area contributed by atoms with Gasteiger partial charge in [-0.15, -0.1) is 0 Å². The van der Waals surface area contributed by atoms with Gasteiger partial charge in [0.05, 0.1) is 18.8 Å². The van der Waals surface area contributed by atoms with Crippen LogP contribution < -0.4 is 0 Å². The van der Waals surface area contributed by atoms with Gasteiger partial charge in [0.25, 0.3) is 0 Å². The van der Waals surface area contributed by atoms with Crippen molar-refractivity contribution in [2.75, 3.05) is 6.54 Å². The number of benzene rings is 1. The highest BCUT2D eigenvalue weighted by atomic mass is 19.2. The Balaban J connectivity index is 2.17. The third kappa shape index (κ3) is 4.59. The van der Waals surface area contributed by atoms with Gasteiger partial charge in [0.2, 0.25) is 0 Å². The molecule has 124 valence electrons. The number of hydrogen-bond acceptors (Lipinski definition) is 4. The number of rotatable bonds is 7. The van der Waals surface area contributed by atoms with Crippen molar-refractivity contribution < 1.29 is 23.1 Å². The molecule has 0 spiro atoms. The molecule has 0 amide bonds. The number of aliphatic carboxylic acids is 1. The fourth-order valence-corrected chi connectivity index (χ4v) is 2.24. The van der Waals surface area contributed by atoms with Gasteiger partial charge in [-0.1, -0.05) is 13.0 Å². The zero-order valence-corrected chi connectivity index (χ0v) is 13.0. The Kier molecular flexibility index (Phi) is 5.44. The molecule has 7 heteroatoms. The second-order valence-electron chi connectivity index (χ2n) is 5.26. The van der Waals surface area contributed by atoms with Crippen LogP contribution in [0, 0.1) is 18.6 Å². The van der Waals surface area contributed by atoms with Crippen LogP contribution in [-0.2, 0) is 24.3 Å². The Morgan fingerprint density at radius 3 is 2.61 bits per heavy atom. The number of carboxylic acid groups (broad SMARTS) is 1. The van der Waals surface area contributed by atoms with Gasteiger partial charge in [-0.25, -0.2) is 13.8 Å². The van der Waals surface area contributed by atoms with Crippen molar-refractivity contribution in [3.8, 4) is 0 Å². The molecule has 1 heterocycles. The predicted octanol–water partition coefficient (Wildman–Crippen LogP) is 2.91. The smallest absolute Gasteiger partial charge is 0.317 e. The molecule has 5 nitrogen and oxygen atoms in total. The van der Waals surface area contributed by atoms with Crippen LogP contribution in [0.3, 0.4) is 0 Å². The van der Waals surface area contributed by atoms with E-state index in [2.05, 4.69) is 4.98 Å². The largest absolute Gasteiger partial charge is 0.480 e. The lowest BCUT2D eigenvalue weighted by Gasteiger charge is -2.19. The number of hydrogen-bond donors (Lipinski definition) is 1. The van der Waals surface area contributed by atoms with E-state index in [1.54, 1.807) is 11.8 Å². The van der Waals surface area contributed by atoms with E-state index in [9.17, 15) is 13.6 Å². The van der Waals surface area contributed by atoms with Crippen molar-refractivity contribution in [2.45, 2.75) is 33.4 Å². The molecule has 0 fully saturated rings. The highest BCUT2D eigenvalue weighted by Gasteiger charge is 2.17. The summed E-state index contributed by atoms with van der Waals surface area (Å²) in [7, 11) is 0. The quantitative estimate of drug-likeness (QED) is 0.848. The van der Waals surface area contributed by atoms with Crippen LogP contribution in [0.25, 0.3) is 0 Å². The summed E-state index contributed by atoms with van der Waals surface area (Å²) < 4.78 is 31.9. The molecule has 0 aliphatic carbocycles. The number of oxazole rings is 1. The standard InChI is InChI=1S/C16H18F2N2O3/c1-3-15-19-10(2)14(23-15)8-20(9-16(21)22)7-11-4-5-12(17)13(18)6-11/h4-6H,3,7-9H2,1-2H3,(H,21,22). The molecule has 2 aromatic rings. The monoisotopic (exact) mass is 324 g/mol. The first-order valence-corrected chi connectivity index (χ1v) is 7.22. The van der Waals surface area contributed by atoms with Crippen molar-refractivity contribution in [3.63, 3.8) is 0 Å². The summed E-state index contributed by atoms with van der Waals surface area (Å²) in [5.74, 6) is -1.74. The van der Waals surface area contributed by atoms with E-state index in [4.69, 9.17) is 9.52 Å². The average molecular weight is 324 g/mol.